The van der Waals surface area contributed by atoms with Crippen molar-refractivity contribution in [3.63, 3.8) is 0 Å². The molecule has 10 nitrogen and oxygen atoms in total. The van der Waals surface area contributed by atoms with Crippen LogP contribution < -0.4 is 16.0 Å². The number of halogens is 3. The van der Waals surface area contributed by atoms with Gasteiger partial charge in [-0.25, -0.2) is 4.79 Å². The summed E-state index contributed by atoms with van der Waals surface area (Å²) in [5.41, 5.74) is 0.482. The average Bonchev–Trinajstić information content (AvgIpc) is 2.66. The molecule has 0 saturated carbocycles. The average molecular weight is 745 g/mol. The third kappa shape index (κ3) is 7.76. The van der Waals surface area contributed by atoms with Crippen LogP contribution in [0.3, 0.4) is 0 Å². The maximum Gasteiger partial charge on any atom is 0.336 e. The quantitative estimate of drug-likeness (QED) is 0.123. The topological polar surface area (TPSA) is 143 Å². The van der Waals surface area contributed by atoms with Gasteiger partial charge in [0.2, 0.25) is 5.91 Å². The van der Waals surface area contributed by atoms with E-state index in [9.17, 15) is 19.2 Å². The lowest BCUT2D eigenvalue weighted by atomic mass is 10.1. The van der Waals surface area contributed by atoms with Gasteiger partial charge in [0.05, 0.1) is 33.6 Å². The van der Waals surface area contributed by atoms with E-state index in [1.165, 1.54) is 20.2 Å². The van der Waals surface area contributed by atoms with Crippen LogP contribution in [0.5, 0.6) is 0 Å². The van der Waals surface area contributed by atoms with Crippen LogP contribution in [0.4, 0.5) is 5.69 Å². The van der Waals surface area contributed by atoms with E-state index in [4.69, 9.17) is 14.6 Å². The van der Waals surface area contributed by atoms with Gasteiger partial charge in [-0.3, -0.25) is 14.4 Å². The molecule has 29 heavy (non-hydrogen) atoms. The van der Waals surface area contributed by atoms with E-state index in [-0.39, 0.29) is 30.0 Å². The molecule has 1 aromatic carbocycles. The first-order chi connectivity index (χ1) is 13.6. The molecule has 0 unspecified atom stereocenters. The van der Waals surface area contributed by atoms with Crippen LogP contribution in [0, 0.1) is 7.14 Å². The van der Waals surface area contributed by atoms with Crippen molar-refractivity contribution in [1.82, 2.24) is 10.6 Å². The highest BCUT2D eigenvalue weighted by Gasteiger charge is 2.26. The van der Waals surface area contributed by atoms with Gasteiger partial charge in [-0.05, 0) is 73.8 Å². The fourth-order valence-electron chi connectivity index (χ4n) is 1.97. The van der Waals surface area contributed by atoms with E-state index >= 15 is 0 Å². The summed E-state index contributed by atoms with van der Waals surface area (Å²) in [6.07, 6.45) is 0. The largest absolute Gasteiger partial charge is 0.479 e. The van der Waals surface area contributed by atoms with Crippen molar-refractivity contribution in [3.05, 3.63) is 24.3 Å². The number of carboxylic acids is 1. The highest BCUT2D eigenvalue weighted by atomic mass is 127. The van der Waals surface area contributed by atoms with E-state index in [1.54, 1.807) is 22.6 Å². The van der Waals surface area contributed by atoms with E-state index in [1.807, 2.05) is 45.2 Å². The molecule has 3 amide bonds. The molecule has 1 aromatic rings. The summed E-state index contributed by atoms with van der Waals surface area (Å²) in [7, 11) is 2.95. The molecule has 0 aromatic heterocycles. The first-order valence-electron chi connectivity index (χ1n) is 7.92. The minimum atomic E-state index is -1.22. The van der Waals surface area contributed by atoms with Gasteiger partial charge in [-0.2, -0.15) is 0 Å². The predicted molar refractivity (Wildman–Crippen MR) is 130 cm³/mol. The normalized spacial score (nSPS) is 11.5. The number of alkyl halides is 1. The SMILES string of the molecule is CNC(=O)c1c(I)c(NC(=O)COCCOC)cc(C(=O)N[C@@H](I)C(=O)O)c1I. The summed E-state index contributed by atoms with van der Waals surface area (Å²) in [6.45, 7) is 0.328. The highest BCUT2D eigenvalue weighted by Crippen LogP contribution is 2.30. The minimum Gasteiger partial charge on any atom is -0.479 e. The molecule has 4 N–H and O–H groups in total. The second-order valence-corrected chi connectivity index (χ2v) is 8.72. The number of hydrogen-bond donors (Lipinski definition) is 4. The summed E-state index contributed by atoms with van der Waals surface area (Å²) in [5, 5.41) is 16.4. The number of benzene rings is 1. The van der Waals surface area contributed by atoms with Crippen molar-refractivity contribution in [2.24, 2.45) is 0 Å². The van der Waals surface area contributed by atoms with Gasteiger partial charge < -0.3 is 30.5 Å². The predicted octanol–water partition coefficient (Wildman–Crippen LogP) is 1.43. The number of anilines is 1. The second-order valence-electron chi connectivity index (χ2n) is 5.32. The lowest BCUT2D eigenvalue weighted by Gasteiger charge is -2.17. The Labute approximate surface area is 207 Å². The molecule has 0 fully saturated rings. The zero-order valence-electron chi connectivity index (χ0n) is 15.3. The van der Waals surface area contributed by atoms with Crippen molar-refractivity contribution in [1.29, 1.82) is 0 Å². The fraction of sp³-hybridized carbons (Fsp3) is 0.375. The third-order valence-electron chi connectivity index (χ3n) is 3.31. The highest BCUT2D eigenvalue weighted by molar-refractivity contribution is 14.1. The van der Waals surface area contributed by atoms with Crippen molar-refractivity contribution < 1.29 is 33.8 Å². The number of amides is 3. The molecular weight excluding hydrogens is 727 g/mol. The van der Waals surface area contributed by atoms with Crippen LogP contribution in [0.25, 0.3) is 0 Å². The Bertz CT molecular complexity index is 804. The number of nitrogens with one attached hydrogen (secondary N) is 3. The summed E-state index contributed by atoms with van der Waals surface area (Å²) in [4.78, 5) is 48.1. The summed E-state index contributed by atoms with van der Waals surface area (Å²) in [6, 6.07) is 1.39. The molecule has 1 rings (SSSR count). The summed E-state index contributed by atoms with van der Waals surface area (Å²) >= 11 is 5.30. The monoisotopic (exact) mass is 745 g/mol. The Morgan fingerprint density at radius 2 is 1.79 bits per heavy atom. The lowest BCUT2D eigenvalue weighted by Crippen LogP contribution is -2.37. The summed E-state index contributed by atoms with van der Waals surface area (Å²) < 4.78 is 9.58. The molecular formula is C16H18I3N3O7. The molecule has 0 heterocycles. The number of carbonyl (C=O) groups is 4. The van der Waals surface area contributed by atoms with E-state index in [2.05, 4.69) is 16.0 Å². The molecule has 0 aliphatic carbocycles. The number of carbonyl (C=O) groups excluding carboxylic acids is 3. The van der Waals surface area contributed by atoms with Gasteiger partial charge in [0.25, 0.3) is 11.8 Å². The van der Waals surface area contributed by atoms with E-state index < -0.39 is 27.7 Å². The second kappa shape index (κ2) is 12.8. The molecule has 13 heteroatoms. The Morgan fingerprint density at radius 3 is 2.34 bits per heavy atom. The van der Waals surface area contributed by atoms with Crippen molar-refractivity contribution in [2.45, 2.75) is 4.05 Å². The Hall–Kier alpha value is -0.790. The zero-order valence-corrected chi connectivity index (χ0v) is 21.8. The fourth-order valence-corrected chi connectivity index (χ4v) is 4.48. The standard InChI is InChI=1S/C16H18I3N3O7/c1-20-15(25)10-11(17)7(14(24)22-13(19)16(26)27)5-8(12(10)18)21-9(23)6-29-4-3-28-2/h5,13H,3-4,6H2,1-2H3,(H,20,25)(H,21,23)(H,22,24)(H,26,27)/t13-/m1/s1. The van der Waals surface area contributed by atoms with Crippen LogP contribution in [-0.4, -0.2) is 66.8 Å². The van der Waals surface area contributed by atoms with Gasteiger partial charge in [0.1, 0.15) is 6.61 Å². The van der Waals surface area contributed by atoms with Gasteiger partial charge in [0, 0.05) is 17.7 Å². The van der Waals surface area contributed by atoms with Crippen molar-refractivity contribution in [2.75, 3.05) is 39.3 Å². The van der Waals surface area contributed by atoms with Crippen molar-refractivity contribution in [3.8, 4) is 0 Å². The molecule has 0 aliphatic heterocycles. The van der Waals surface area contributed by atoms with Crippen LogP contribution in [-0.2, 0) is 19.1 Å². The molecule has 0 saturated heterocycles. The van der Waals surface area contributed by atoms with Crippen molar-refractivity contribution >= 4 is 97.2 Å². The summed E-state index contributed by atoms with van der Waals surface area (Å²) in [5.74, 6) is -2.84. The lowest BCUT2D eigenvalue weighted by molar-refractivity contribution is -0.136. The van der Waals surface area contributed by atoms with Crippen LogP contribution in [0.1, 0.15) is 20.7 Å². The number of methoxy groups -OCH3 is 1. The molecule has 160 valence electrons. The van der Waals surface area contributed by atoms with Gasteiger partial charge in [-0.1, -0.05) is 0 Å². The number of aliphatic carboxylic acids is 1. The molecule has 0 bridgehead atoms. The molecule has 0 radical (unpaired) electrons. The van der Waals surface area contributed by atoms with Gasteiger partial charge in [0.15, 0.2) is 4.05 Å². The van der Waals surface area contributed by atoms with Crippen LogP contribution in [0.2, 0.25) is 0 Å². The Kier molecular flexibility index (Phi) is 11.6. The zero-order chi connectivity index (χ0) is 22.1. The Balaban J connectivity index is 3.24. The number of ether oxygens (including phenoxy) is 2. The molecule has 0 spiro atoms. The number of rotatable bonds is 10. The number of hydrogen-bond acceptors (Lipinski definition) is 6. The third-order valence-corrected chi connectivity index (χ3v) is 6.40. The van der Waals surface area contributed by atoms with E-state index in [0.717, 1.165) is 0 Å². The first-order valence-corrected chi connectivity index (χ1v) is 11.3. The van der Waals surface area contributed by atoms with Crippen LogP contribution >= 0.6 is 67.8 Å². The first kappa shape index (κ1) is 26.2. The van der Waals surface area contributed by atoms with E-state index in [0.29, 0.717) is 13.7 Å². The smallest absolute Gasteiger partial charge is 0.336 e. The van der Waals surface area contributed by atoms with Crippen LogP contribution in [0.15, 0.2) is 6.07 Å². The minimum absolute atomic E-state index is 0.0585. The Morgan fingerprint density at radius 1 is 1.14 bits per heavy atom. The number of carboxylic acid groups (broad SMARTS) is 1. The molecule has 1 atom stereocenters. The van der Waals surface area contributed by atoms with Gasteiger partial charge in [-0.15, -0.1) is 0 Å². The van der Waals surface area contributed by atoms with Gasteiger partial charge >= 0.3 is 5.97 Å². The maximum atomic E-state index is 12.6. The maximum absolute atomic E-state index is 12.6. The molecule has 0 aliphatic rings.